The van der Waals surface area contributed by atoms with Gasteiger partial charge in [0.1, 0.15) is 5.82 Å². The molecule has 27 heavy (non-hydrogen) atoms. The summed E-state index contributed by atoms with van der Waals surface area (Å²) in [5.41, 5.74) is 1.81. The molecule has 0 radical (unpaired) electrons. The zero-order valence-corrected chi connectivity index (χ0v) is 17.7. The highest BCUT2D eigenvalue weighted by molar-refractivity contribution is 14.0. The Balaban J connectivity index is 0.00000261. The number of guanidine groups is 1. The average Bonchev–Trinajstić information content (AvgIpc) is 2.87. The molecule has 2 aromatic rings. The van der Waals surface area contributed by atoms with E-state index in [1.165, 1.54) is 6.07 Å². The maximum Gasteiger partial charge on any atom is 0.195 e. The van der Waals surface area contributed by atoms with Crippen LogP contribution in [0.2, 0.25) is 0 Å². The van der Waals surface area contributed by atoms with Gasteiger partial charge in [-0.3, -0.25) is 4.99 Å². The smallest absolute Gasteiger partial charge is 0.195 e. The van der Waals surface area contributed by atoms with Gasteiger partial charge < -0.3 is 20.1 Å². The van der Waals surface area contributed by atoms with Gasteiger partial charge in [-0.2, -0.15) is 0 Å². The Kier molecular flexibility index (Phi) is 8.63. The Labute approximate surface area is 176 Å². The van der Waals surface area contributed by atoms with Crippen LogP contribution in [-0.2, 0) is 6.42 Å². The van der Waals surface area contributed by atoms with E-state index < -0.39 is 0 Å². The molecule has 1 aliphatic heterocycles. The molecule has 3 rings (SSSR count). The van der Waals surface area contributed by atoms with Crippen molar-refractivity contribution in [3.8, 4) is 11.5 Å². The molecular weight excluding hydrogens is 460 g/mol. The number of anilines is 1. The Morgan fingerprint density at radius 3 is 2.70 bits per heavy atom. The molecule has 0 amide bonds. The van der Waals surface area contributed by atoms with Crippen molar-refractivity contribution in [2.75, 3.05) is 31.6 Å². The third-order valence-corrected chi connectivity index (χ3v) is 3.91. The molecule has 0 spiro atoms. The Bertz CT molecular complexity index is 771. The van der Waals surface area contributed by atoms with Crippen LogP contribution in [0.15, 0.2) is 47.5 Å². The van der Waals surface area contributed by atoms with E-state index in [0.29, 0.717) is 32.1 Å². The highest BCUT2D eigenvalue weighted by Crippen LogP contribution is 2.32. The van der Waals surface area contributed by atoms with Gasteiger partial charge in [-0.15, -0.1) is 24.0 Å². The van der Waals surface area contributed by atoms with Crippen LogP contribution in [-0.4, -0.2) is 32.3 Å². The molecule has 146 valence electrons. The summed E-state index contributed by atoms with van der Waals surface area (Å²) in [5, 5.41) is 6.49. The molecule has 2 aromatic carbocycles. The molecule has 0 aromatic heterocycles. The van der Waals surface area contributed by atoms with E-state index in [1.54, 1.807) is 12.1 Å². The number of hydrogen-bond acceptors (Lipinski definition) is 3. The number of nitrogens with one attached hydrogen (secondary N) is 2. The maximum atomic E-state index is 13.2. The van der Waals surface area contributed by atoms with Gasteiger partial charge >= 0.3 is 0 Å². The summed E-state index contributed by atoms with van der Waals surface area (Å²) in [5.74, 6) is 1.96. The van der Waals surface area contributed by atoms with E-state index >= 15 is 0 Å². The van der Waals surface area contributed by atoms with Crippen LogP contribution < -0.4 is 20.1 Å². The van der Waals surface area contributed by atoms with Crippen molar-refractivity contribution in [1.29, 1.82) is 0 Å². The van der Waals surface area contributed by atoms with Gasteiger partial charge in [0.05, 0.1) is 13.2 Å². The molecule has 0 bridgehead atoms. The molecule has 0 atom stereocenters. The average molecular weight is 485 g/mol. The van der Waals surface area contributed by atoms with Gasteiger partial charge in [-0.1, -0.05) is 12.1 Å². The Hall–Kier alpha value is -2.03. The van der Waals surface area contributed by atoms with Crippen molar-refractivity contribution in [1.82, 2.24) is 5.32 Å². The molecule has 0 fully saturated rings. The molecule has 2 N–H and O–H groups in total. The third-order valence-electron chi connectivity index (χ3n) is 3.91. The van der Waals surface area contributed by atoms with Crippen molar-refractivity contribution in [3.05, 3.63) is 53.8 Å². The number of nitrogens with zero attached hydrogens (tertiary/aromatic N) is 1. The normalized spacial score (nSPS) is 13.3. The quantitative estimate of drug-likeness (QED) is 0.378. The van der Waals surface area contributed by atoms with E-state index in [4.69, 9.17) is 9.47 Å². The molecule has 1 heterocycles. The monoisotopic (exact) mass is 485 g/mol. The van der Waals surface area contributed by atoms with Crippen LogP contribution in [0.3, 0.4) is 0 Å². The van der Waals surface area contributed by atoms with Gasteiger partial charge in [0.15, 0.2) is 17.5 Å². The zero-order valence-electron chi connectivity index (χ0n) is 15.3. The minimum Gasteiger partial charge on any atom is -0.490 e. The zero-order chi connectivity index (χ0) is 18.2. The summed E-state index contributed by atoms with van der Waals surface area (Å²) >= 11 is 0. The number of hydrogen-bond donors (Lipinski definition) is 2. The van der Waals surface area contributed by atoms with Crippen molar-refractivity contribution < 1.29 is 13.9 Å². The van der Waals surface area contributed by atoms with Crippen molar-refractivity contribution in [3.63, 3.8) is 0 Å². The summed E-state index contributed by atoms with van der Waals surface area (Å²) in [6.45, 7) is 4.64. The lowest BCUT2D eigenvalue weighted by Gasteiger charge is -2.13. The summed E-state index contributed by atoms with van der Waals surface area (Å²) in [6, 6.07) is 12.4. The highest BCUT2D eigenvalue weighted by Gasteiger charge is 2.11. The lowest BCUT2D eigenvalue weighted by Crippen LogP contribution is -2.30. The summed E-state index contributed by atoms with van der Waals surface area (Å²) < 4.78 is 24.6. The van der Waals surface area contributed by atoms with Crippen LogP contribution in [0.4, 0.5) is 10.1 Å². The summed E-state index contributed by atoms with van der Waals surface area (Å²) in [6.07, 6.45) is 1.55. The van der Waals surface area contributed by atoms with Crippen LogP contribution >= 0.6 is 24.0 Å². The largest absolute Gasteiger partial charge is 0.490 e. The van der Waals surface area contributed by atoms with Crippen LogP contribution in [0.5, 0.6) is 11.5 Å². The lowest BCUT2D eigenvalue weighted by molar-refractivity contribution is 0.297. The second-order valence-electron chi connectivity index (χ2n) is 5.98. The van der Waals surface area contributed by atoms with Gasteiger partial charge in [0, 0.05) is 31.3 Å². The molecular formula is C20H25FIN3O2. The number of fused-ring (bicyclic) bond motifs is 1. The first kappa shape index (κ1) is 21.3. The first-order valence-corrected chi connectivity index (χ1v) is 8.94. The molecule has 7 heteroatoms. The van der Waals surface area contributed by atoms with Crippen molar-refractivity contribution >= 4 is 35.6 Å². The van der Waals surface area contributed by atoms with E-state index in [2.05, 4.69) is 15.6 Å². The summed E-state index contributed by atoms with van der Waals surface area (Å²) in [4.78, 5) is 4.56. The predicted molar refractivity (Wildman–Crippen MR) is 117 cm³/mol. The number of halogens is 2. The standard InChI is InChI=1S/C20H24FN3O2.HI/c1-2-22-20(23-10-9-15-5-3-6-16(21)13-15)24-17-7-8-18-19(14-17)26-12-4-11-25-18;/h3,5-8,13-14H,2,4,9-12H2,1H3,(H2,22,23,24);1H. The number of rotatable bonds is 5. The fourth-order valence-corrected chi connectivity index (χ4v) is 2.67. The third kappa shape index (κ3) is 6.57. The van der Waals surface area contributed by atoms with E-state index in [-0.39, 0.29) is 29.8 Å². The molecule has 0 saturated heterocycles. The van der Waals surface area contributed by atoms with Crippen molar-refractivity contribution in [2.24, 2.45) is 4.99 Å². The van der Waals surface area contributed by atoms with E-state index in [9.17, 15) is 4.39 Å². The minimum atomic E-state index is -0.219. The van der Waals surface area contributed by atoms with Crippen LogP contribution in [0.1, 0.15) is 18.9 Å². The first-order chi connectivity index (χ1) is 12.7. The second-order valence-corrected chi connectivity index (χ2v) is 5.98. The lowest BCUT2D eigenvalue weighted by atomic mass is 10.1. The fourth-order valence-electron chi connectivity index (χ4n) is 2.67. The molecule has 0 saturated carbocycles. The fraction of sp³-hybridized carbons (Fsp3) is 0.350. The first-order valence-electron chi connectivity index (χ1n) is 8.94. The topological polar surface area (TPSA) is 54.9 Å². The minimum absolute atomic E-state index is 0. The van der Waals surface area contributed by atoms with Crippen molar-refractivity contribution in [2.45, 2.75) is 19.8 Å². The van der Waals surface area contributed by atoms with Crippen LogP contribution in [0.25, 0.3) is 0 Å². The van der Waals surface area contributed by atoms with E-state index in [1.807, 2.05) is 31.2 Å². The Morgan fingerprint density at radius 1 is 1.11 bits per heavy atom. The van der Waals surface area contributed by atoms with Gasteiger partial charge in [0.2, 0.25) is 0 Å². The number of aliphatic imine (C=N–C) groups is 1. The SMILES string of the molecule is CCNC(=NCCc1cccc(F)c1)Nc1ccc2c(c1)OCCCO2.I. The van der Waals surface area contributed by atoms with E-state index in [0.717, 1.165) is 35.7 Å². The Morgan fingerprint density at radius 2 is 1.93 bits per heavy atom. The second kappa shape index (κ2) is 11.0. The maximum absolute atomic E-state index is 13.2. The molecule has 0 aliphatic carbocycles. The molecule has 1 aliphatic rings. The van der Waals surface area contributed by atoms with Gasteiger partial charge in [0.25, 0.3) is 0 Å². The molecule has 0 unspecified atom stereocenters. The highest BCUT2D eigenvalue weighted by atomic mass is 127. The molecule has 5 nitrogen and oxygen atoms in total. The number of ether oxygens (including phenoxy) is 2. The van der Waals surface area contributed by atoms with Gasteiger partial charge in [-0.25, -0.2) is 4.39 Å². The predicted octanol–water partition coefficient (Wildman–Crippen LogP) is 4.23. The van der Waals surface area contributed by atoms with Crippen LogP contribution in [0, 0.1) is 5.82 Å². The summed E-state index contributed by atoms with van der Waals surface area (Å²) in [7, 11) is 0. The number of benzene rings is 2. The van der Waals surface area contributed by atoms with Gasteiger partial charge in [-0.05, 0) is 43.2 Å².